The van der Waals surface area contributed by atoms with Crippen LogP contribution in [0.15, 0.2) is 0 Å². The maximum absolute atomic E-state index is 12.0. The van der Waals surface area contributed by atoms with Crippen molar-refractivity contribution in [1.29, 1.82) is 0 Å². The quantitative estimate of drug-likeness (QED) is 0.739. The Hall–Kier alpha value is -0.610. The Kier molecular flexibility index (Phi) is 6.65. The molecule has 0 unspecified atom stereocenters. The van der Waals surface area contributed by atoms with E-state index in [1.807, 2.05) is 13.8 Å². The molecule has 1 aliphatic carbocycles. The highest BCUT2D eigenvalue weighted by Crippen LogP contribution is 2.29. The van der Waals surface area contributed by atoms with Crippen molar-refractivity contribution in [2.75, 3.05) is 26.2 Å². The Morgan fingerprint density at radius 3 is 2.17 bits per heavy atom. The molecule has 0 heterocycles. The van der Waals surface area contributed by atoms with Gasteiger partial charge in [-0.25, -0.2) is 0 Å². The van der Waals surface area contributed by atoms with Crippen LogP contribution in [0, 0.1) is 0 Å². The lowest BCUT2D eigenvalue weighted by Crippen LogP contribution is -2.44. The zero-order chi connectivity index (χ0) is 13.4. The third kappa shape index (κ3) is 4.25. The van der Waals surface area contributed by atoms with Crippen LogP contribution in [-0.4, -0.2) is 42.6 Å². The van der Waals surface area contributed by atoms with Crippen LogP contribution in [0.1, 0.15) is 52.4 Å². The number of nitrogens with two attached hydrogens (primary N) is 1. The first-order chi connectivity index (χ1) is 8.67. The zero-order valence-electron chi connectivity index (χ0n) is 11.9. The molecule has 4 nitrogen and oxygen atoms in total. The third-order valence-electron chi connectivity index (χ3n) is 4.00. The molecule has 0 aromatic rings. The van der Waals surface area contributed by atoms with Gasteiger partial charge in [-0.3, -0.25) is 4.79 Å². The van der Waals surface area contributed by atoms with E-state index in [2.05, 4.69) is 0 Å². The van der Waals surface area contributed by atoms with Gasteiger partial charge in [-0.1, -0.05) is 25.7 Å². The number of likely N-dealkylation sites (N-methyl/N-ethyl adjacent to an activating group) is 1. The van der Waals surface area contributed by atoms with Gasteiger partial charge in [0, 0.05) is 19.6 Å². The van der Waals surface area contributed by atoms with Crippen molar-refractivity contribution in [3.05, 3.63) is 0 Å². The highest BCUT2D eigenvalue weighted by atomic mass is 16.5. The smallest absolute Gasteiger partial charge is 0.248 e. The maximum atomic E-state index is 12.0. The fourth-order valence-corrected chi connectivity index (χ4v) is 2.66. The molecule has 1 saturated carbocycles. The summed E-state index contributed by atoms with van der Waals surface area (Å²) in [7, 11) is 0. The van der Waals surface area contributed by atoms with Gasteiger partial charge in [0.2, 0.25) is 5.91 Å². The van der Waals surface area contributed by atoms with Crippen molar-refractivity contribution in [3.63, 3.8) is 0 Å². The summed E-state index contributed by atoms with van der Waals surface area (Å²) in [5, 5.41) is 0. The molecule has 1 fully saturated rings. The predicted octanol–water partition coefficient (Wildman–Crippen LogP) is 1.92. The summed E-state index contributed by atoms with van der Waals surface area (Å²) in [6, 6.07) is 0. The Morgan fingerprint density at radius 2 is 1.72 bits per heavy atom. The number of amides is 1. The fraction of sp³-hybridized carbons (Fsp3) is 0.929. The molecule has 0 bridgehead atoms. The minimum atomic E-state index is -0.251. The standard InChI is InChI=1S/C14H28N2O2/c1-3-16(4-2)13(17)11-18-14(12-15)9-7-5-6-8-10-14/h3-12,15H2,1-2H3. The Morgan fingerprint density at radius 1 is 1.17 bits per heavy atom. The van der Waals surface area contributed by atoms with E-state index in [4.69, 9.17) is 10.5 Å². The van der Waals surface area contributed by atoms with Gasteiger partial charge in [0.05, 0.1) is 5.60 Å². The van der Waals surface area contributed by atoms with Crippen molar-refractivity contribution in [2.45, 2.75) is 58.0 Å². The summed E-state index contributed by atoms with van der Waals surface area (Å²) in [4.78, 5) is 13.8. The molecule has 0 aromatic carbocycles. The van der Waals surface area contributed by atoms with Crippen molar-refractivity contribution in [1.82, 2.24) is 4.90 Å². The molecule has 0 atom stereocenters. The normalized spacial score (nSPS) is 19.3. The second-order valence-electron chi connectivity index (χ2n) is 5.16. The number of carbonyl (C=O) groups is 1. The summed E-state index contributed by atoms with van der Waals surface area (Å²) < 4.78 is 5.93. The van der Waals surface area contributed by atoms with Crippen molar-refractivity contribution in [2.24, 2.45) is 5.73 Å². The molecule has 1 aliphatic rings. The van der Waals surface area contributed by atoms with Gasteiger partial charge in [0.1, 0.15) is 6.61 Å². The number of ether oxygens (including phenoxy) is 1. The topological polar surface area (TPSA) is 55.6 Å². The highest BCUT2D eigenvalue weighted by Gasteiger charge is 2.31. The molecule has 0 radical (unpaired) electrons. The van der Waals surface area contributed by atoms with Crippen LogP contribution in [0.2, 0.25) is 0 Å². The lowest BCUT2D eigenvalue weighted by molar-refractivity contribution is -0.143. The minimum Gasteiger partial charge on any atom is -0.364 e. The number of hydrogen-bond acceptors (Lipinski definition) is 3. The van der Waals surface area contributed by atoms with Crippen LogP contribution >= 0.6 is 0 Å². The lowest BCUT2D eigenvalue weighted by Gasteiger charge is -2.32. The second kappa shape index (κ2) is 7.74. The fourth-order valence-electron chi connectivity index (χ4n) is 2.66. The molecule has 0 spiro atoms. The molecule has 0 saturated heterocycles. The van der Waals surface area contributed by atoms with Crippen LogP contribution in [-0.2, 0) is 9.53 Å². The molecular weight excluding hydrogens is 228 g/mol. The van der Waals surface area contributed by atoms with Crippen LogP contribution in [0.25, 0.3) is 0 Å². The van der Waals surface area contributed by atoms with Gasteiger partial charge in [-0.2, -0.15) is 0 Å². The van der Waals surface area contributed by atoms with E-state index >= 15 is 0 Å². The number of carbonyl (C=O) groups excluding carboxylic acids is 1. The highest BCUT2D eigenvalue weighted by molar-refractivity contribution is 5.77. The summed E-state index contributed by atoms with van der Waals surface area (Å²) in [5.41, 5.74) is 5.63. The molecule has 18 heavy (non-hydrogen) atoms. The molecular formula is C14H28N2O2. The summed E-state index contributed by atoms with van der Waals surface area (Å²) in [5.74, 6) is 0.0806. The monoisotopic (exact) mass is 256 g/mol. The van der Waals surface area contributed by atoms with Gasteiger partial charge in [-0.05, 0) is 26.7 Å². The minimum absolute atomic E-state index is 0.0806. The van der Waals surface area contributed by atoms with Gasteiger partial charge >= 0.3 is 0 Å². The first-order valence-corrected chi connectivity index (χ1v) is 7.29. The number of nitrogens with zero attached hydrogens (tertiary/aromatic N) is 1. The molecule has 1 rings (SSSR count). The van der Waals surface area contributed by atoms with Crippen LogP contribution in [0.3, 0.4) is 0 Å². The van der Waals surface area contributed by atoms with E-state index in [-0.39, 0.29) is 18.1 Å². The molecule has 106 valence electrons. The van der Waals surface area contributed by atoms with Crippen molar-refractivity contribution < 1.29 is 9.53 Å². The van der Waals surface area contributed by atoms with Gasteiger partial charge in [0.25, 0.3) is 0 Å². The largest absolute Gasteiger partial charge is 0.364 e. The molecule has 2 N–H and O–H groups in total. The summed E-state index contributed by atoms with van der Waals surface area (Å²) in [6.07, 6.45) is 6.83. The second-order valence-corrected chi connectivity index (χ2v) is 5.16. The van der Waals surface area contributed by atoms with Crippen LogP contribution in [0.4, 0.5) is 0 Å². The van der Waals surface area contributed by atoms with E-state index in [1.54, 1.807) is 4.90 Å². The number of rotatable bonds is 6. The zero-order valence-corrected chi connectivity index (χ0v) is 11.9. The third-order valence-corrected chi connectivity index (χ3v) is 4.00. The molecule has 1 amide bonds. The number of hydrogen-bond donors (Lipinski definition) is 1. The first-order valence-electron chi connectivity index (χ1n) is 7.29. The van der Waals surface area contributed by atoms with Crippen molar-refractivity contribution in [3.8, 4) is 0 Å². The van der Waals surface area contributed by atoms with Crippen molar-refractivity contribution >= 4 is 5.91 Å². The van der Waals surface area contributed by atoms with Gasteiger partial charge in [0.15, 0.2) is 0 Å². The Balaban J connectivity index is 2.49. The van der Waals surface area contributed by atoms with Crippen LogP contribution in [0.5, 0.6) is 0 Å². The molecule has 0 aliphatic heterocycles. The lowest BCUT2D eigenvalue weighted by atomic mass is 9.94. The SMILES string of the molecule is CCN(CC)C(=O)COC1(CN)CCCCCC1. The average molecular weight is 256 g/mol. The Bertz CT molecular complexity index is 244. The first kappa shape index (κ1) is 15.4. The predicted molar refractivity (Wildman–Crippen MR) is 73.4 cm³/mol. The van der Waals surface area contributed by atoms with E-state index in [9.17, 15) is 4.79 Å². The molecule has 0 aromatic heterocycles. The van der Waals surface area contributed by atoms with E-state index in [0.29, 0.717) is 6.54 Å². The maximum Gasteiger partial charge on any atom is 0.248 e. The summed E-state index contributed by atoms with van der Waals surface area (Å²) in [6.45, 7) is 6.18. The van der Waals surface area contributed by atoms with E-state index in [1.165, 1.54) is 12.8 Å². The van der Waals surface area contributed by atoms with Gasteiger partial charge in [-0.15, -0.1) is 0 Å². The van der Waals surface area contributed by atoms with Crippen LogP contribution < -0.4 is 5.73 Å². The molecule has 4 heteroatoms. The van der Waals surface area contributed by atoms with Gasteiger partial charge < -0.3 is 15.4 Å². The van der Waals surface area contributed by atoms with E-state index < -0.39 is 0 Å². The average Bonchev–Trinajstić information content (AvgIpc) is 2.64. The Labute approximate surface area is 111 Å². The summed E-state index contributed by atoms with van der Waals surface area (Å²) >= 11 is 0. The van der Waals surface area contributed by atoms with E-state index in [0.717, 1.165) is 38.8 Å².